The summed E-state index contributed by atoms with van der Waals surface area (Å²) in [5.74, 6) is -0.713. The van der Waals surface area contributed by atoms with Gasteiger partial charge in [0.05, 0.1) is 12.7 Å². The largest absolute Gasteiger partial charge is 0.444 e. The first-order valence-corrected chi connectivity index (χ1v) is 18.3. The zero-order valence-corrected chi connectivity index (χ0v) is 30.9. The topological polar surface area (TPSA) is 275 Å². The highest BCUT2D eigenvalue weighted by Crippen LogP contribution is 2.23. The Bertz CT molecular complexity index is 1050. The van der Waals surface area contributed by atoms with E-state index in [0.29, 0.717) is 38.8 Å². The second-order valence-corrected chi connectivity index (χ2v) is 14.3. The Morgan fingerprint density at radius 1 is 0.692 bits per heavy atom. The standard InChI is InChI=1S/C34H63N3O15/c1-20-24(40)26(42)28(44)31(50-20)48-17-11-8-6-10-16-36-30(46)21(37-33(47)52-34(2,3)4)13-14-23(39)35-15-9-5-7-12-18-49-32-29(45)27(43)25(41)22(19-38)51-32/h20-22,24-29,31-32,38,40-45H,5-19H2,1-4H3,(H,35,39)(H,36,46)(H,37,47)/t20-,21-,22+,24+,25-,26+,27-,28-,29+,31+,32+/m0/s1. The first kappa shape index (κ1) is 45.9. The number of carbonyl (C=O) groups is 3. The van der Waals surface area contributed by atoms with Gasteiger partial charge in [0.2, 0.25) is 11.8 Å². The number of amides is 3. The van der Waals surface area contributed by atoms with Crippen molar-refractivity contribution in [1.29, 1.82) is 0 Å². The number of hydrogen-bond donors (Lipinski definition) is 10. The summed E-state index contributed by atoms with van der Waals surface area (Å²) >= 11 is 0. The Morgan fingerprint density at radius 3 is 1.77 bits per heavy atom. The van der Waals surface area contributed by atoms with Crippen molar-refractivity contribution in [3.63, 3.8) is 0 Å². The minimum atomic E-state index is -1.49. The number of carbonyl (C=O) groups excluding carboxylic acids is 3. The second-order valence-electron chi connectivity index (χ2n) is 14.3. The van der Waals surface area contributed by atoms with Gasteiger partial charge in [-0.25, -0.2) is 4.79 Å². The van der Waals surface area contributed by atoms with Crippen LogP contribution in [0.25, 0.3) is 0 Å². The van der Waals surface area contributed by atoms with E-state index in [4.69, 9.17) is 23.7 Å². The smallest absolute Gasteiger partial charge is 0.408 e. The van der Waals surface area contributed by atoms with Crippen molar-refractivity contribution in [1.82, 2.24) is 16.0 Å². The van der Waals surface area contributed by atoms with E-state index in [0.717, 1.165) is 25.7 Å². The Kier molecular flexibility index (Phi) is 20.8. The van der Waals surface area contributed by atoms with Crippen molar-refractivity contribution in [2.75, 3.05) is 32.9 Å². The van der Waals surface area contributed by atoms with Crippen LogP contribution < -0.4 is 16.0 Å². The van der Waals surface area contributed by atoms with Crippen LogP contribution in [0.3, 0.4) is 0 Å². The monoisotopic (exact) mass is 753 g/mol. The zero-order chi connectivity index (χ0) is 38.8. The molecule has 2 heterocycles. The van der Waals surface area contributed by atoms with E-state index >= 15 is 0 Å². The van der Waals surface area contributed by atoms with Gasteiger partial charge >= 0.3 is 6.09 Å². The van der Waals surface area contributed by atoms with E-state index in [9.17, 15) is 50.1 Å². The second kappa shape index (κ2) is 23.5. The Labute approximate surface area is 305 Å². The third-order valence-corrected chi connectivity index (χ3v) is 8.65. The van der Waals surface area contributed by atoms with Crippen LogP contribution in [0.5, 0.6) is 0 Å². The fraction of sp³-hybridized carbons (Fsp3) is 0.912. The van der Waals surface area contributed by atoms with Gasteiger partial charge in [0.25, 0.3) is 0 Å². The SMILES string of the molecule is C[C@@H]1O[C@@H](OCCCCCCNC(=O)[C@H](CCC(=O)NCCCCCCO[C@@H]2O[C@H](CO)[C@H](O)[C@H](O)[C@H]2O)NC(=O)OC(C)(C)C)[C@@H](O)[C@H](O)[C@@H]1O. The summed E-state index contributed by atoms with van der Waals surface area (Å²) in [4.78, 5) is 37.9. The van der Waals surface area contributed by atoms with Crippen molar-refractivity contribution in [2.45, 2.75) is 165 Å². The van der Waals surface area contributed by atoms with E-state index in [1.807, 2.05) is 0 Å². The summed E-state index contributed by atoms with van der Waals surface area (Å²) in [5, 5.41) is 76.8. The number of aliphatic hydroxyl groups excluding tert-OH is 7. The molecule has 2 aliphatic heterocycles. The molecule has 18 nitrogen and oxygen atoms in total. The van der Waals surface area contributed by atoms with E-state index in [-0.39, 0.29) is 32.0 Å². The van der Waals surface area contributed by atoms with Crippen LogP contribution in [0.15, 0.2) is 0 Å². The minimum Gasteiger partial charge on any atom is -0.444 e. The lowest BCUT2D eigenvalue weighted by Crippen LogP contribution is -2.59. The molecular weight excluding hydrogens is 690 g/mol. The Balaban J connectivity index is 1.63. The van der Waals surface area contributed by atoms with Crippen molar-refractivity contribution in [3.8, 4) is 0 Å². The molecule has 0 spiro atoms. The predicted octanol–water partition coefficient (Wildman–Crippen LogP) is -1.33. The van der Waals surface area contributed by atoms with Crippen molar-refractivity contribution in [2.24, 2.45) is 0 Å². The highest BCUT2D eigenvalue weighted by Gasteiger charge is 2.44. The average Bonchev–Trinajstić information content (AvgIpc) is 3.08. The summed E-state index contributed by atoms with van der Waals surface area (Å²) in [6.45, 7) is 7.40. The fourth-order valence-electron chi connectivity index (χ4n) is 5.56. The van der Waals surface area contributed by atoms with Gasteiger partial charge in [-0.3, -0.25) is 9.59 Å². The first-order chi connectivity index (χ1) is 24.5. The fourth-order valence-corrected chi connectivity index (χ4v) is 5.56. The molecule has 0 saturated carbocycles. The molecule has 2 saturated heterocycles. The van der Waals surface area contributed by atoms with Crippen molar-refractivity contribution >= 4 is 17.9 Å². The maximum Gasteiger partial charge on any atom is 0.408 e. The number of aliphatic hydroxyl groups is 7. The zero-order valence-electron chi connectivity index (χ0n) is 30.9. The molecule has 304 valence electrons. The van der Waals surface area contributed by atoms with Gasteiger partial charge in [0.1, 0.15) is 54.4 Å². The van der Waals surface area contributed by atoms with Gasteiger partial charge in [-0.05, 0) is 59.8 Å². The Morgan fingerprint density at radius 2 is 1.21 bits per heavy atom. The number of alkyl carbamates (subject to hydrolysis) is 1. The predicted molar refractivity (Wildman–Crippen MR) is 183 cm³/mol. The molecule has 0 aromatic heterocycles. The maximum absolute atomic E-state index is 13.0. The van der Waals surface area contributed by atoms with Crippen molar-refractivity contribution < 1.29 is 73.8 Å². The molecule has 2 rings (SSSR count). The molecule has 11 atom stereocenters. The average molecular weight is 754 g/mol. The van der Waals surface area contributed by atoms with Crippen LogP contribution in [-0.4, -0.2) is 160 Å². The van der Waals surface area contributed by atoms with Crippen LogP contribution in [0.2, 0.25) is 0 Å². The molecule has 0 bridgehead atoms. The number of hydrogen-bond acceptors (Lipinski definition) is 15. The van der Waals surface area contributed by atoms with Crippen molar-refractivity contribution in [3.05, 3.63) is 0 Å². The molecule has 0 unspecified atom stereocenters. The van der Waals surface area contributed by atoms with Crippen LogP contribution >= 0.6 is 0 Å². The molecule has 3 amide bonds. The lowest BCUT2D eigenvalue weighted by atomic mass is 9.99. The van der Waals surface area contributed by atoms with Gasteiger partial charge in [-0.1, -0.05) is 25.7 Å². The lowest BCUT2D eigenvalue weighted by Gasteiger charge is -2.39. The lowest BCUT2D eigenvalue weighted by molar-refractivity contribution is -0.301. The highest BCUT2D eigenvalue weighted by atomic mass is 16.7. The maximum atomic E-state index is 13.0. The van der Waals surface area contributed by atoms with Gasteiger partial charge in [-0.15, -0.1) is 0 Å². The summed E-state index contributed by atoms with van der Waals surface area (Å²) < 4.78 is 27.0. The summed E-state index contributed by atoms with van der Waals surface area (Å²) in [6, 6.07) is -0.990. The number of nitrogens with one attached hydrogen (secondary N) is 3. The molecule has 18 heteroatoms. The normalized spacial score (nSPS) is 30.0. The van der Waals surface area contributed by atoms with Crippen LogP contribution in [0.1, 0.15) is 91.9 Å². The van der Waals surface area contributed by atoms with Crippen LogP contribution in [-0.2, 0) is 33.3 Å². The van der Waals surface area contributed by atoms with Gasteiger partial charge in [0, 0.05) is 32.7 Å². The molecule has 10 N–H and O–H groups in total. The first-order valence-electron chi connectivity index (χ1n) is 18.3. The molecular formula is C34H63N3O15. The summed E-state index contributed by atoms with van der Waals surface area (Å²) in [7, 11) is 0. The summed E-state index contributed by atoms with van der Waals surface area (Å²) in [5.41, 5.74) is -0.779. The van der Waals surface area contributed by atoms with Gasteiger partial charge in [0.15, 0.2) is 12.6 Å². The van der Waals surface area contributed by atoms with E-state index < -0.39 is 91.7 Å². The van der Waals surface area contributed by atoms with E-state index in [1.54, 1.807) is 27.7 Å². The highest BCUT2D eigenvalue weighted by molar-refractivity contribution is 5.86. The van der Waals surface area contributed by atoms with Crippen LogP contribution in [0.4, 0.5) is 4.79 Å². The van der Waals surface area contributed by atoms with Gasteiger partial charge in [-0.2, -0.15) is 0 Å². The number of rotatable bonds is 22. The number of ether oxygens (including phenoxy) is 5. The Hall–Kier alpha value is -2.23. The molecule has 0 radical (unpaired) electrons. The van der Waals surface area contributed by atoms with Crippen LogP contribution in [0, 0.1) is 0 Å². The van der Waals surface area contributed by atoms with E-state index in [2.05, 4.69) is 16.0 Å². The molecule has 0 aromatic carbocycles. The van der Waals surface area contributed by atoms with E-state index in [1.165, 1.54) is 0 Å². The summed E-state index contributed by atoms with van der Waals surface area (Å²) in [6.07, 6.45) is -7.28. The molecule has 2 aliphatic rings. The third-order valence-electron chi connectivity index (χ3n) is 8.65. The van der Waals surface area contributed by atoms with Gasteiger partial charge < -0.3 is 75.4 Å². The molecule has 52 heavy (non-hydrogen) atoms. The molecule has 0 aliphatic carbocycles. The molecule has 0 aromatic rings. The minimum absolute atomic E-state index is 0.00497. The quantitative estimate of drug-likeness (QED) is 0.0574. The molecule has 2 fully saturated rings. The third kappa shape index (κ3) is 16.4. The number of unbranched alkanes of at least 4 members (excludes halogenated alkanes) is 6.